The van der Waals surface area contributed by atoms with Crippen LogP contribution < -0.4 is 14.8 Å². The van der Waals surface area contributed by atoms with E-state index in [9.17, 15) is 4.79 Å². The average Bonchev–Trinajstić information content (AvgIpc) is 2.54. The van der Waals surface area contributed by atoms with E-state index in [0.29, 0.717) is 16.3 Å². The predicted octanol–water partition coefficient (Wildman–Crippen LogP) is 5.57. The van der Waals surface area contributed by atoms with Gasteiger partial charge in [-0.25, -0.2) is 0 Å². The Morgan fingerprint density at radius 3 is 2.42 bits per heavy atom. The normalized spacial score (nSPS) is 12.6. The Morgan fingerprint density at radius 2 is 1.92 bits per heavy atom. The molecule has 0 aliphatic heterocycles. The number of nitrogens with one attached hydrogen (secondary N) is 2. The lowest BCUT2D eigenvalue weighted by atomic mass is 9.86. The fourth-order valence-electron chi connectivity index (χ4n) is 2.26. The van der Waals surface area contributed by atoms with Gasteiger partial charge in [-0.3, -0.25) is 4.79 Å². The molecule has 0 radical (unpaired) electrons. The maximum Gasteiger partial charge on any atom is 0.261 e. The molecule has 0 unspecified atom stereocenters. The Balaban J connectivity index is 3.33. The van der Waals surface area contributed by atoms with Gasteiger partial charge < -0.3 is 14.8 Å². The van der Waals surface area contributed by atoms with Crippen LogP contribution in [0.2, 0.25) is 0 Å². The van der Waals surface area contributed by atoms with Crippen molar-refractivity contribution in [2.45, 2.75) is 33.1 Å². The van der Waals surface area contributed by atoms with Crippen molar-refractivity contribution in [3.05, 3.63) is 53.0 Å². The first-order valence-corrected chi connectivity index (χ1v) is 9.84. The summed E-state index contributed by atoms with van der Waals surface area (Å²) in [6.07, 6.45) is 7.11. The number of thiol groups is 1. The third kappa shape index (κ3) is 6.18. The fraction of sp³-hybridized carbons (Fsp3) is 0.350. The predicted molar refractivity (Wildman–Crippen MR) is 118 cm³/mol. The van der Waals surface area contributed by atoms with Crippen LogP contribution in [0.15, 0.2) is 47.4 Å². The van der Waals surface area contributed by atoms with E-state index in [4.69, 9.17) is 4.74 Å². The summed E-state index contributed by atoms with van der Waals surface area (Å²) < 4.78 is 8.76. The number of amides is 1. The molecule has 6 heteroatoms. The SMILES string of the molecule is C=C/C=C(C)/C=C(\S)C(=O)Nc1cc(C(C)(C)C)cc(NSC)c1OC. The Bertz CT molecular complexity index is 732. The quantitative estimate of drug-likeness (QED) is 0.246. The second-order valence-electron chi connectivity index (χ2n) is 6.79. The lowest BCUT2D eigenvalue weighted by molar-refractivity contribution is -0.112. The highest BCUT2D eigenvalue weighted by atomic mass is 32.2. The molecule has 0 aliphatic rings. The number of carbonyl (C=O) groups excluding carboxylic acids is 1. The largest absolute Gasteiger partial charge is 0.492 e. The van der Waals surface area contributed by atoms with Crippen molar-refractivity contribution >= 4 is 41.9 Å². The minimum Gasteiger partial charge on any atom is -0.492 e. The zero-order valence-electron chi connectivity index (χ0n) is 16.3. The summed E-state index contributed by atoms with van der Waals surface area (Å²) in [6, 6.07) is 3.98. The van der Waals surface area contributed by atoms with Crippen LogP contribution in [-0.2, 0) is 10.2 Å². The first-order valence-electron chi connectivity index (χ1n) is 8.16. The molecule has 0 atom stereocenters. The van der Waals surface area contributed by atoms with Gasteiger partial charge in [0.2, 0.25) is 0 Å². The van der Waals surface area contributed by atoms with Crippen LogP contribution in [0.5, 0.6) is 5.75 Å². The number of hydrogen-bond donors (Lipinski definition) is 3. The van der Waals surface area contributed by atoms with Crippen molar-refractivity contribution in [2.75, 3.05) is 23.4 Å². The molecule has 1 aromatic carbocycles. The van der Waals surface area contributed by atoms with Gasteiger partial charge in [0.05, 0.1) is 23.4 Å². The third-order valence-corrected chi connectivity index (χ3v) is 4.35. The van der Waals surface area contributed by atoms with Gasteiger partial charge in [0.25, 0.3) is 5.91 Å². The summed E-state index contributed by atoms with van der Waals surface area (Å²) in [5.41, 5.74) is 3.31. The molecule has 1 amide bonds. The molecular formula is C20H28N2O2S2. The monoisotopic (exact) mass is 392 g/mol. The summed E-state index contributed by atoms with van der Waals surface area (Å²) in [5, 5.41) is 2.91. The van der Waals surface area contributed by atoms with E-state index in [2.05, 4.69) is 50.0 Å². The van der Waals surface area contributed by atoms with Crippen LogP contribution in [0.25, 0.3) is 0 Å². The van der Waals surface area contributed by atoms with Gasteiger partial charge in [0, 0.05) is 6.26 Å². The Morgan fingerprint density at radius 1 is 1.31 bits per heavy atom. The van der Waals surface area contributed by atoms with Crippen LogP contribution in [0.4, 0.5) is 11.4 Å². The number of anilines is 2. The molecule has 1 rings (SSSR count). The van der Waals surface area contributed by atoms with E-state index >= 15 is 0 Å². The van der Waals surface area contributed by atoms with Crippen LogP contribution in [0.1, 0.15) is 33.3 Å². The van der Waals surface area contributed by atoms with Crippen LogP contribution >= 0.6 is 24.6 Å². The van der Waals surface area contributed by atoms with Crippen molar-refractivity contribution < 1.29 is 9.53 Å². The topological polar surface area (TPSA) is 50.4 Å². The molecule has 0 saturated carbocycles. The molecule has 0 heterocycles. The van der Waals surface area contributed by atoms with Gasteiger partial charge in [-0.15, -0.1) is 12.6 Å². The standard InChI is InChI=1S/C20H28N2O2S2/c1-8-9-13(2)10-17(25)19(23)21-15-11-14(20(3,4)5)12-16(22-26-7)18(15)24-6/h8-12,22,25H,1H2,2-7H3,(H,21,23)/b13-9+,17-10-. The van der Waals surface area contributed by atoms with Crippen molar-refractivity contribution in [3.8, 4) is 5.75 Å². The number of allylic oxidation sites excluding steroid dienone is 4. The second kappa shape index (κ2) is 9.78. The van der Waals surface area contributed by atoms with Gasteiger partial charge >= 0.3 is 0 Å². The van der Waals surface area contributed by atoms with Crippen LogP contribution in [-0.4, -0.2) is 19.3 Å². The molecule has 0 fully saturated rings. The first-order chi connectivity index (χ1) is 12.1. The van der Waals surface area contributed by atoms with Gasteiger partial charge in [-0.05, 0) is 41.7 Å². The summed E-state index contributed by atoms with van der Waals surface area (Å²) in [5.74, 6) is 0.282. The van der Waals surface area contributed by atoms with E-state index in [1.165, 1.54) is 11.9 Å². The highest BCUT2D eigenvalue weighted by Crippen LogP contribution is 2.39. The molecule has 4 nitrogen and oxygen atoms in total. The number of methoxy groups -OCH3 is 1. The number of rotatable bonds is 7. The molecule has 26 heavy (non-hydrogen) atoms. The molecule has 0 aliphatic carbocycles. The van der Waals surface area contributed by atoms with E-state index in [1.807, 2.05) is 31.4 Å². The highest BCUT2D eigenvalue weighted by molar-refractivity contribution is 7.99. The van der Waals surface area contributed by atoms with Crippen molar-refractivity contribution in [1.82, 2.24) is 0 Å². The number of benzene rings is 1. The van der Waals surface area contributed by atoms with Crippen molar-refractivity contribution in [1.29, 1.82) is 0 Å². The molecule has 0 aromatic heterocycles. The van der Waals surface area contributed by atoms with Gasteiger partial charge in [0.1, 0.15) is 0 Å². The summed E-state index contributed by atoms with van der Waals surface area (Å²) in [7, 11) is 1.58. The second-order valence-corrected chi connectivity index (χ2v) is 7.89. The van der Waals surface area contributed by atoms with Crippen molar-refractivity contribution in [2.24, 2.45) is 0 Å². The zero-order chi connectivity index (χ0) is 19.9. The van der Waals surface area contributed by atoms with E-state index in [1.54, 1.807) is 19.3 Å². The number of ether oxygens (including phenoxy) is 1. The smallest absolute Gasteiger partial charge is 0.261 e. The summed E-state index contributed by atoms with van der Waals surface area (Å²) in [6.45, 7) is 11.9. The Hall–Kier alpha value is -1.79. The zero-order valence-corrected chi connectivity index (χ0v) is 18.0. The maximum atomic E-state index is 12.6. The lowest BCUT2D eigenvalue weighted by Gasteiger charge is -2.23. The molecule has 142 valence electrons. The molecule has 0 spiro atoms. The molecule has 1 aromatic rings. The maximum absolute atomic E-state index is 12.6. The molecule has 0 saturated heterocycles. The molecular weight excluding hydrogens is 364 g/mol. The van der Waals surface area contributed by atoms with Crippen molar-refractivity contribution in [3.63, 3.8) is 0 Å². The average molecular weight is 393 g/mol. The number of carbonyl (C=O) groups is 1. The minimum absolute atomic E-state index is 0.0799. The molecule has 2 N–H and O–H groups in total. The fourth-order valence-corrected chi connectivity index (χ4v) is 2.89. The van der Waals surface area contributed by atoms with Crippen LogP contribution in [0.3, 0.4) is 0 Å². The third-order valence-electron chi connectivity index (χ3n) is 3.60. The summed E-state index contributed by atoms with van der Waals surface area (Å²) in [4.78, 5) is 12.9. The summed E-state index contributed by atoms with van der Waals surface area (Å²) >= 11 is 5.78. The minimum atomic E-state index is -0.301. The van der Waals surface area contributed by atoms with E-state index in [-0.39, 0.29) is 11.3 Å². The van der Waals surface area contributed by atoms with E-state index in [0.717, 1.165) is 16.8 Å². The first kappa shape index (κ1) is 22.3. The van der Waals surface area contributed by atoms with Gasteiger partial charge in [-0.2, -0.15) is 0 Å². The Labute approximate surface area is 166 Å². The van der Waals surface area contributed by atoms with Crippen LogP contribution in [0, 0.1) is 0 Å². The van der Waals surface area contributed by atoms with Gasteiger partial charge in [0.15, 0.2) is 5.75 Å². The Kier molecular flexibility index (Phi) is 8.37. The number of hydrogen-bond acceptors (Lipinski definition) is 5. The molecule has 0 bridgehead atoms. The lowest BCUT2D eigenvalue weighted by Crippen LogP contribution is -2.16. The van der Waals surface area contributed by atoms with E-state index < -0.39 is 0 Å². The van der Waals surface area contributed by atoms with Gasteiger partial charge in [-0.1, -0.05) is 51.5 Å². The highest BCUT2D eigenvalue weighted by Gasteiger charge is 2.21.